The molecule has 8 heteroatoms. The molecule has 1 aliphatic rings. The Hall–Kier alpha value is -2.51. The van der Waals surface area contributed by atoms with Crippen LogP contribution in [0, 0.1) is 4.77 Å². The average Bonchev–Trinajstić information content (AvgIpc) is 3.23. The minimum Gasteiger partial charge on any atom is -0.483 e. The first-order valence-electron chi connectivity index (χ1n) is 8.06. The van der Waals surface area contributed by atoms with Gasteiger partial charge in [-0.05, 0) is 49.0 Å². The van der Waals surface area contributed by atoms with Gasteiger partial charge in [0.15, 0.2) is 28.2 Å². The second-order valence-electron chi connectivity index (χ2n) is 5.87. The van der Waals surface area contributed by atoms with E-state index in [1.807, 2.05) is 54.0 Å². The highest BCUT2D eigenvalue weighted by Gasteiger charge is 2.19. The summed E-state index contributed by atoms with van der Waals surface area (Å²) in [5.41, 5.74) is 1.07. The molecule has 3 aromatic rings. The second kappa shape index (κ2) is 7.01. The van der Waals surface area contributed by atoms with Crippen molar-refractivity contribution in [2.45, 2.75) is 19.6 Å². The Balaban J connectivity index is 1.55. The fraction of sp³-hybridized carbons (Fsp3) is 0.222. The average molecular weight is 390 g/mol. The molecule has 2 heterocycles. The number of nitrogens with one attached hydrogen (secondary N) is 1. The zero-order valence-corrected chi connectivity index (χ0v) is 15.5. The smallest absolute Gasteiger partial charge is 0.231 e. The van der Waals surface area contributed by atoms with E-state index in [1.165, 1.54) is 0 Å². The van der Waals surface area contributed by atoms with Gasteiger partial charge in [-0.15, -0.1) is 0 Å². The number of H-pyrrole nitrogens is 1. The van der Waals surface area contributed by atoms with Crippen molar-refractivity contribution in [1.29, 1.82) is 0 Å². The molecule has 1 unspecified atom stereocenters. The Morgan fingerprint density at radius 3 is 2.81 bits per heavy atom. The van der Waals surface area contributed by atoms with Gasteiger partial charge in [-0.2, -0.15) is 5.10 Å². The molecule has 0 saturated carbocycles. The molecule has 0 spiro atoms. The van der Waals surface area contributed by atoms with Crippen molar-refractivity contribution in [2.24, 2.45) is 0 Å². The molecule has 0 aliphatic carbocycles. The number of ether oxygens (including phenoxy) is 3. The van der Waals surface area contributed by atoms with E-state index < -0.39 is 0 Å². The first kappa shape index (κ1) is 16.9. The Bertz CT molecular complexity index is 984. The molecule has 0 bridgehead atoms. The molecule has 1 atom stereocenters. The number of benzene rings is 2. The Labute approximate surface area is 160 Å². The van der Waals surface area contributed by atoms with Gasteiger partial charge in [0, 0.05) is 11.1 Å². The van der Waals surface area contributed by atoms with Crippen LogP contribution < -0.4 is 14.2 Å². The minimum absolute atomic E-state index is 0.230. The van der Waals surface area contributed by atoms with Crippen molar-refractivity contribution in [3.05, 3.63) is 63.6 Å². The van der Waals surface area contributed by atoms with Gasteiger partial charge in [-0.25, -0.2) is 0 Å². The standard InChI is InChI=1S/C18H16ClN3O3S/c1-11(25-14-6-7-15-16(8-14)24-10-23-15)17-20-21-18(26)22(17)9-12-2-4-13(19)5-3-12/h2-8,11H,9-10H2,1H3,(H,21,26). The number of halogens is 1. The summed E-state index contributed by atoms with van der Waals surface area (Å²) in [4.78, 5) is 0. The fourth-order valence-electron chi connectivity index (χ4n) is 2.77. The number of nitrogens with zero attached hydrogens (tertiary/aromatic N) is 2. The molecule has 4 rings (SSSR count). The number of aromatic nitrogens is 3. The summed E-state index contributed by atoms with van der Waals surface area (Å²) < 4.78 is 19.2. The van der Waals surface area contributed by atoms with Gasteiger partial charge in [0.2, 0.25) is 6.79 Å². The Morgan fingerprint density at radius 1 is 1.23 bits per heavy atom. The highest BCUT2D eigenvalue weighted by Crippen LogP contribution is 2.36. The van der Waals surface area contributed by atoms with Crippen LogP contribution in [-0.4, -0.2) is 21.6 Å². The van der Waals surface area contributed by atoms with Crippen molar-refractivity contribution < 1.29 is 14.2 Å². The summed E-state index contributed by atoms with van der Waals surface area (Å²) in [5, 5.41) is 7.88. The van der Waals surface area contributed by atoms with Gasteiger partial charge in [-0.3, -0.25) is 9.67 Å². The molecule has 2 aromatic carbocycles. The van der Waals surface area contributed by atoms with Gasteiger partial charge in [0.05, 0.1) is 6.54 Å². The van der Waals surface area contributed by atoms with Gasteiger partial charge in [0.25, 0.3) is 0 Å². The molecule has 0 fully saturated rings. The Morgan fingerprint density at radius 2 is 2.00 bits per heavy atom. The normalized spacial score (nSPS) is 13.6. The van der Waals surface area contributed by atoms with Crippen molar-refractivity contribution in [3.8, 4) is 17.2 Å². The van der Waals surface area contributed by atoms with Crippen LogP contribution in [0.25, 0.3) is 0 Å². The van der Waals surface area contributed by atoms with E-state index in [0.29, 0.717) is 33.7 Å². The third-order valence-corrected chi connectivity index (χ3v) is 4.63. The molecule has 1 N–H and O–H groups in total. The van der Waals surface area contributed by atoms with Crippen LogP contribution in [0.15, 0.2) is 42.5 Å². The van der Waals surface area contributed by atoms with Crippen molar-refractivity contribution >= 4 is 23.8 Å². The molecule has 134 valence electrons. The van der Waals surface area contributed by atoms with Gasteiger partial charge < -0.3 is 14.2 Å². The maximum atomic E-state index is 6.03. The quantitative estimate of drug-likeness (QED) is 0.650. The van der Waals surface area contributed by atoms with Gasteiger partial charge >= 0.3 is 0 Å². The van der Waals surface area contributed by atoms with E-state index in [4.69, 9.17) is 38.0 Å². The zero-order valence-electron chi connectivity index (χ0n) is 13.9. The van der Waals surface area contributed by atoms with Crippen LogP contribution in [0.2, 0.25) is 5.02 Å². The first-order valence-corrected chi connectivity index (χ1v) is 8.84. The highest BCUT2D eigenvalue weighted by atomic mass is 35.5. The minimum atomic E-state index is -0.310. The highest BCUT2D eigenvalue weighted by molar-refractivity contribution is 7.71. The lowest BCUT2D eigenvalue weighted by molar-refractivity contribution is 0.173. The maximum absolute atomic E-state index is 6.03. The van der Waals surface area contributed by atoms with Crippen LogP contribution in [0.5, 0.6) is 17.2 Å². The van der Waals surface area contributed by atoms with E-state index in [1.54, 1.807) is 0 Å². The van der Waals surface area contributed by atoms with Gasteiger partial charge in [-0.1, -0.05) is 23.7 Å². The number of hydrogen-bond donors (Lipinski definition) is 1. The van der Waals surface area contributed by atoms with Crippen LogP contribution in [-0.2, 0) is 6.54 Å². The van der Waals surface area contributed by atoms with Crippen molar-refractivity contribution in [3.63, 3.8) is 0 Å². The molecule has 0 amide bonds. The molecular formula is C18H16ClN3O3S. The summed E-state index contributed by atoms with van der Waals surface area (Å²) in [7, 11) is 0. The van der Waals surface area contributed by atoms with E-state index in [-0.39, 0.29) is 12.9 Å². The SMILES string of the molecule is CC(Oc1ccc2c(c1)OCO2)c1n[nH]c(=S)n1Cc1ccc(Cl)cc1. The van der Waals surface area contributed by atoms with E-state index in [0.717, 1.165) is 11.3 Å². The molecule has 0 saturated heterocycles. The topological polar surface area (TPSA) is 61.3 Å². The van der Waals surface area contributed by atoms with Crippen LogP contribution >= 0.6 is 23.8 Å². The molecular weight excluding hydrogens is 374 g/mol. The summed E-state index contributed by atoms with van der Waals surface area (Å²) in [6, 6.07) is 13.1. The monoisotopic (exact) mass is 389 g/mol. The number of hydrogen-bond acceptors (Lipinski definition) is 5. The van der Waals surface area contributed by atoms with E-state index in [2.05, 4.69) is 10.2 Å². The van der Waals surface area contributed by atoms with Crippen LogP contribution in [0.1, 0.15) is 24.4 Å². The molecule has 1 aromatic heterocycles. The van der Waals surface area contributed by atoms with Crippen molar-refractivity contribution in [2.75, 3.05) is 6.79 Å². The third-order valence-electron chi connectivity index (χ3n) is 4.06. The van der Waals surface area contributed by atoms with Crippen molar-refractivity contribution in [1.82, 2.24) is 14.8 Å². The molecule has 26 heavy (non-hydrogen) atoms. The lowest BCUT2D eigenvalue weighted by atomic mass is 10.2. The molecule has 6 nitrogen and oxygen atoms in total. The lowest BCUT2D eigenvalue weighted by Gasteiger charge is -2.16. The van der Waals surface area contributed by atoms with Gasteiger partial charge in [0.1, 0.15) is 5.75 Å². The van der Waals surface area contributed by atoms with Crippen LogP contribution in [0.3, 0.4) is 0 Å². The summed E-state index contributed by atoms with van der Waals surface area (Å²) >= 11 is 11.3. The summed E-state index contributed by atoms with van der Waals surface area (Å²) in [6.07, 6.45) is -0.310. The predicted octanol–water partition coefficient (Wildman–Crippen LogP) is 4.51. The predicted molar refractivity (Wildman–Crippen MR) is 99.6 cm³/mol. The summed E-state index contributed by atoms with van der Waals surface area (Å²) in [6.45, 7) is 2.73. The van der Waals surface area contributed by atoms with Crippen LogP contribution in [0.4, 0.5) is 0 Å². The Kier molecular flexibility index (Phi) is 4.57. The number of rotatable bonds is 5. The summed E-state index contributed by atoms with van der Waals surface area (Å²) in [5.74, 6) is 2.78. The first-order chi connectivity index (χ1) is 12.6. The lowest BCUT2D eigenvalue weighted by Crippen LogP contribution is -2.13. The molecule has 1 aliphatic heterocycles. The molecule has 0 radical (unpaired) electrons. The van der Waals surface area contributed by atoms with E-state index >= 15 is 0 Å². The number of fused-ring (bicyclic) bond motifs is 1. The zero-order chi connectivity index (χ0) is 18.1. The van der Waals surface area contributed by atoms with E-state index in [9.17, 15) is 0 Å². The third kappa shape index (κ3) is 3.40. The largest absolute Gasteiger partial charge is 0.483 e. The number of aromatic amines is 1. The fourth-order valence-corrected chi connectivity index (χ4v) is 3.10. The second-order valence-corrected chi connectivity index (χ2v) is 6.70. The maximum Gasteiger partial charge on any atom is 0.231 e.